The van der Waals surface area contributed by atoms with E-state index in [2.05, 4.69) is 134 Å². The molecule has 0 saturated heterocycles. The Balaban J connectivity index is 0.000000937. The lowest BCUT2D eigenvalue weighted by atomic mass is 9.99. The van der Waals surface area contributed by atoms with Gasteiger partial charge < -0.3 is 4.90 Å². The Morgan fingerprint density at radius 3 is 2.08 bits per heavy atom. The fraction of sp³-hybridized carbons (Fsp3) is 0.143. The van der Waals surface area contributed by atoms with Crippen molar-refractivity contribution >= 4 is 56.4 Å². The van der Waals surface area contributed by atoms with Gasteiger partial charge in [0.25, 0.3) is 0 Å². The molecule has 188 valence electrons. The summed E-state index contributed by atoms with van der Waals surface area (Å²) in [6, 6.07) is 30.7. The zero-order valence-corrected chi connectivity index (χ0v) is 23.7. The van der Waals surface area contributed by atoms with E-state index in [0.717, 1.165) is 12.8 Å². The van der Waals surface area contributed by atoms with Gasteiger partial charge >= 0.3 is 0 Å². The number of nitrogens with zero attached hydrogens (tertiary/aromatic N) is 1. The van der Waals surface area contributed by atoms with E-state index in [0.29, 0.717) is 0 Å². The maximum atomic E-state index is 4.60. The molecule has 6 rings (SSSR count). The molecule has 2 aliphatic rings. The summed E-state index contributed by atoms with van der Waals surface area (Å²) in [5, 5.41) is 5.10. The Kier molecular flexibility index (Phi) is 8.13. The molecule has 0 saturated carbocycles. The Labute approximate surface area is 235 Å². The predicted molar refractivity (Wildman–Crippen MR) is 172 cm³/mol. The van der Waals surface area contributed by atoms with E-state index in [4.69, 9.17) is 0 Å². The van der Waals surface area contributed by atoms with Gasteiger partial charge in [-0.25, -0.2) is 0 Å². The molecule has 4 aromatic carbocycles. The molecule has 1 nitrogen and oxygen atoms in total. The fourth-order valence-corrected chi connectivity index (χ4v) is 7.48. The number of terminal acetylenes is 1. The average Bonchev–Trinajstić information content (AvgIpc) is 2.96. The van der Waals surface area contributed by atoms with Gasteiger partial charge in [0.1, 0.15) is 0 Å². The third kappa shape index (κ3) is 5.07. The van der Waals surface area contributed by atoms with Crippen molar-refractivity contribution in [1.29, 1.82) is 0 Å². The molecule has 1 heterocycles. The number of fused-ring (bicyclic) bond motifs is 4. The van der Waals surface area contributed by atoms with Crippen LogP contribution in [0.2, 0.25) is 0 Å². The second-order valence-electron chi connectivity index (χ2n) is 9.10. The van der Waals surface area contributed by atoms with Crippen molar-refractivity contribution < 1.29 is 0 Å². The molecule has 0 N–H and O–H groups in total. The lowest BCUT2D eigenvalue weighted by Crippen LogP contribution is -2.19. The molecule has 0 atom stereocenters. The molecule has 0 bridgehead atoms. The van der Waals surface area contributed by atoms with Crippen LogP contribution >= 0.6 is 23.5 Å². The molecule has 0 spiro atoms. The van der Waals surface area contributed by atoms with E-state index in [1.54, 1.807) is 6.92 Å². The molecule has 1 aliphatic carbocycles. The minimum Gasteiger partial charge on any atom is -0.309 e. The molecule has 0 fully saturated rings. The van der Waals surface area contributed by atoms with Gasteiger partial charge in [0.15, 0.2) is 0 Å². The van der Waals surface area contributed by atoms with Crippen molar-refractivity contribution in [2.45, 2.75) is 33.6 Å². The Morgan fingerprint density at radius 2 is 1.39 bits per heavy atom. The second-order valence-corrected chi connectivity index (χ2v) is 11.4. The Hall–Kier alpha value is -3.58. The molecule has 3 heteroatoms. The smallest absolute Gasteiger partial charge is 0.0566 e. The summed E-state index contributed by atoms with van der Waals surface area (Å²) < 4.78 is 0. The highest BCUT2D eigenvalue weighted by Gasteiger charge is 2.28. The monoisotopic (exact) mass is 529 g/mol. The molecule has 0 aromatic heterocycles. The molecule has 0 unspecified atom stereocenters. The largest absolute Gasteiger partial charge is 0.309 e. The van der Waals surface area contributed by atoms with E-state index >= 15 is 0 Å². The van der Waals surface area contributed by atoms with Crippen molar-refractivity contribution in [2.24, 2.45) is 0 Å². The predicted octanol–water partition coefficient (Wildman–Crippen LogP) is 10.9. The van der Waals surface area contributed by atoms with Crippen LogP contribution in [0.25, 0.3) is 21.5 Å². The van der Waals surface area contributed by atoms with Crippen LogP contribution < -0.4 is 4.90 Å². The van der Waals surface area contributed by atoms with E-state index in [-0.39, 0.29) is 0 Å². The number of rotatable bonds is 4. The first-order chi connectivity index (χ1) is 18.7. The fourth-order valence-electron chi connectivity index (χ4n) is 5.01. The van der Waals surface area contributed by atoms with Crippen molar-refractivity contribution in [2.75, 3.05) is 4.90 Å². The summed E-state index contributed by atoms with van der Waals surface area (Å²) in [5.41, 5.74) is 3.62. The van der Waals surface area contributed by atoms with E-state index in [1.807, 2.05) is 23.5 Å². The van der Waals surface area contributed by atoms with Crippen molar-refractivity contribution in [1.82, 2.24) is 0 Å². The number of hydrogen-bond donors (Lipinski definition) is 0. The summed E-state index contributed by atoms with van der Waals surface area (Å²) in [4.78, 5) is 7.97. The molecule has 4 aromatic rings. The van der Waals surface area contributed by atoms with Crippen molar-refractivity contribution in [3.8, 4) is 12.3 Å². The zero-order chi connectivity index (χ0) is 26.5. The van der Waals surface area contributed by atoms with Crippen LogP contribution in [0.1, 0.15) is 33.6 Å². The molecule has 1 aliphatic heterocycles. The quantitative estimate of drug-likeness (QED) is 0.191. The normalized spacial score (nSPS) is 15.2. The third-order valence-corrected chi connectivity index (χ3v) is 9.31. The Morgan fingerprint density at radius 1 is 0.816 bits per heavy atom. The SMILES string of the molecule is C#CC.C/C=C(\C1=C(C)SC2=CCCC=C2S1)N(c1ccccc1)c1cc2ccccc2c2ccccc12. The number of benzene rings is 4. The maximum absolute atomic E-state index is 4.60. The summed E-state index contributed by atoms with van der Waals surface area (Å²) >= 11 is 3.84. The maximum Gasteiger partial charge on any atom is 0.0566 e. The number of hydrogen-bond acceptors (Lipinski definition) is 3. The van der Waals surface area contributed by atoms with Crippen LogP contribution in [-0.2, 0) is 0 Å². The second kappa shape index (κ2) is 11.9. The first kappa shape index (κ1) is 26.0. The van der Waals surface area contributed by atoms with E-state index in [1.165, 1.54) is 58.2 Å². The third-order valence-electron chi connectivity index (χ3n) is 6.61. The first-order valence-electron chi connectivity index (χ1n) is 12.9. The number of anilines is 2. The van der Waals surface area contributed by atoms with E-state index < -0.39 is 0 Å². The number of thioether (sulfide) groups is 2. The highest BCUT2D eigenvalue weighted by Crippen LogP contribution is 2.54. The van der Waals surface area contributed by atoms with Crippen molar-refractivity contribution in [3.63, 3.8) is 0 Å². The molecular formula is C35H31NS2. The molecular weight excluding hydrogens is 499 g/mol. The number of para-hydroxylation sites is 1. The summed E-state index contributed by atoms with van der Waals surface area (Å²) in [5.74, 6) is 2.25. The molecule has 0 amide bonds. The van der Waals surface area contributed by atoms with Gasteiger partial charge in [-0.3, -0.25) is 0 Å². The minimum atomic E-state index is 1.13. The topological polar surface area (TPSA) is 3.24 Å². The lowest BCUT2D eigenvalue weighted by Gasteiger charge is -2.33. The average molecular weight is 530 g/mol. The Bertz CT molecular complexity index is 1650. The first-order valence-corrected chi connectivity index (χ1v) is 14.6. The van der Waals surface area contributed by atoms with Gasteiger partial charge in [-0.15, -0.1) is 12.3 Å². The summed E-state index contributed by atoms with van der Waals surface area (Å²) in [7, 11) is 0. The molecule has 0 radical (unpaired) electrons. The minimum absolute atomic E-state index is 1.13. The van der Waals surface area contributed by atoms with Gasteiger partial charge in [0, 0.05) is 30.7 Å². The number of allylic oxidation sites excluding steroid dienone is 4. The van der Waals surface area contributed by atoms with Gasteiger partial charge in [0.2, 0.25) is 0 Å². The molecule has 38 heavy (non-hydrogen) atoms. The highest BCUT2D eigenvalue weighted by molar-refractivity contribution is 8.15. The van der Waals surface area contributed by atoms with Crippen LogP contribution in [0.5, 0.6) is 0 Å². The van der Waals surface area contributed by atoms with Crippen LogP contribution in [0.15, 0.2) is 128 Å². The van der Waals surface area contributed by atoms with Crippen LogP contribution in [-0.4, -0.2) is 0 Å². The van der Waals surface area contributed by atoms with Gasteiger partial charge in [0.05, 0.1) is 11.4 Å². The van der Waals surface area contributed by atoms with Crippen LogP contribution in [0.4, 0.5) is 11.4 Å². The van der Waals surface area contributed by atoms with Crippen LogP contribution in [0.3, 0.4) is 0 Å². The lowest BCUT2D eigenvalue weighted by molar-refractivity contribution is 1.03. The highest BCUT2D eigenvalue weighted by atomic mass is 32.2. The van der Waals surface area contributed by atoms with Crippen LogP contribution in [0, 0.1) is 12.3 Å². The summed E-state index contributed by atoms with van der Waals surface area (Å²) in [6.07, 6.45) is 14.0. The van der Waals surface area contributed by atoms with Gasteiger partial charge in [-0.2, -0.15) is 0 Å². The van der Waals surface area contributed by atoms with Crippen molar-refractivity contribution in [3.05, 3.63) is 128 Å². The standard InChI is InChI=1S/C32H27NS2.C3H4/c1-3-28(32-22(2)34-30-19-11-12-20-31(30)35-32)33(24-14-5-4-6-15-24)29-21-23-13-7-8-16-25(23)26-17-9-10-18-27(26)29;1-3-2/h3-10,13-21H,11-12H2,1-2H3;1H,2H3/b28-3+;. The van der Waals surface area contributed by atoms with Gasteiger partial charge in [-0.05, 0) is 68.0 Å². The summed E-state index contributed by atoms with van der Waals surface area (Å²) in [6.45, 7) is 6.09. The zero-order valence-electron chi connectivity index (χ0n) is 22.1. The van der Waals surface area contributed by atoms with E-state index in [9.17, 15) is 0 Å². The van der Waals surface area contributed by atoms with Gasteiger partial charge in [-0.1, -0.05) is 108 Å².